The normalized spacial score (nSPS) is 21.5. The van der Waals surface area contributed by atoms with Crippen LogP contribution >= 0.6 is 0 Å². The zero-order chi connectivity index (χ0) is 24.1. The Morgan fingerprint density at radius 1 is 1.06 bits per heavy atom. The number of aromatic nitrogens is 1. The van der Waals surface area contributed by atoms with Gasteiger partial charge >= 0.3 is 0 Å². The number of carbonyl (C=O) groups excluding carboxylic acids is 1. The number of nitrogens with one attached hydrogen (secondary N) is 2. The predicted molar refractivity (Wildman–Crippen MR) is 145 cm³/mol. The molecule has 2 aliphatic rings. The van der Waals surface area contributed by atoms with Gasteiger partial charge in [-0.05, 0) is 68.0 Å². The number of anilines is 1. The molecule has 1 aliphatic heterocycles. The molecular weight excluding hydrogens is 430 g/mol. The number of amides is 1. The van der Waals surface area contributed by atoms with Crippen LogP contribution in [0.3, 0.4) is 0 Å². The molecule has 4 atom stereocenters. The first-order valence-corrected chi connectivity index (χ1v) is 13.0. The highest BCUT2D eigenvalue weighted by atomic mass is 16.1. The summed E-state index contributed by atoms with van der Waals surface area (Å²) in [6.07, 6.45) is 6.61. The zero-order valence-corrected chi connectivity index (χ0v) is 20.7. The van der Waals surface area contributed by atoms with E-state index in [9.17, 15) is 4.79 Å². The number of rotatable bonds is 5. The Morgan fingerprint density at radius 2 is 1.89 bits per heavy atom. The van der Waals surface area contributed by atoms with Gasteiger partial charge in [0.25, 0.3) is 5.91 Å². The van der Waals surface area contributed by atoms with Crippen molar-refractivity contribution in [1.82, 2.24) is 9.88 Å². The first kappa shape index (κ1) is 22.0. The standard InChI is InChI=1S/C31H33N3O/c1-4-19(3)32-31(35)25-14-9-13-24-21-11-8-12-23(21)29(33-30(24)25)20-16-17-28-26(18-20)22-10-6-7-15-27(22)34(28)5-2/h6-11,13-19,21,23,29,33H,4-5,12H2,1-3H3,(H,32,35). The Morgan fingerprint density at radius 3 is 2.71 bits per heavy atom. The molecule has 4 nitrogen and oxygen atoms in total. The van der Waals surface area contributed by atoms with E-state index in [2.05, 4.69) is 96.7 Å². The molecule has 4 heteroatoms. The van der Waals surface area contributed by atoms with Crippen LogP contribution in [-0.4, -0.2) is 16.5 Å². The minimum atomic E-state index is 0.00402. The lowest BCUT2D eigenvalue weighted by Gasteiger charge is -2.38. The molecule has 1 aliphatic carbocycles. The number of carbonyl (C=O) groups is 1. The number of benzene rings is 3. The van der Waals surface area contributed by atoms with Crippen molar-refractivity contribution < 1.29 is 4.79 Å². The first-order chi connectivity index (χ1) is 17.1. The highest BCUT2D eigenvalue weighted by molar-refractivity contribution is 6.08. The van der Waals surface area contributed by atoms with E-state index in [4.69, 9.17) is 0 Å². The van der Waals surface area contributed by atoms with Gasteiger partial charge in [0.1, 0.15) is 0 Å². The number of fused-ring (bicyclic) bond motifs is 6. The van der Waals surface area contributed by atoms with E-state index in [1.807, 2.05) is 12.1 Å². The molecule has 2 heterocycles. The van der Waals surface area contributed by atoms with E-state index in [1.54, 1.807) is 0 Å². The second-order valence-electron chi connectivity index (χ2n) is 10.1. The predicted octanol–water partition coefficient (Wildman–Crippen LogP) is 7.17. The Kier molecular flexibility index (Phi) is 5.40. The SMILES string of the molecule is CCC(C)NC(=O)c1cccc2c1NC(c1ccc3c(c1)c1ccccc1n3CC)C1CC=CC21. The molecule has 0 saturated heterocycles. The molecule has 1 amide bonds. The molecule has 4 aromatic rings. The van der Waals surface area contributed by atoms with E-state index in [0.717, 1.165) is 30.6 Å². The van der Waals surface area contributed by atoms with Gasteiger partial charge in [0.15, 0.2) is 0 Å². The average molecular weight is 464 g/mol. The number of nitrogens with zero attached hydrogens (tertiary/aromatic N) is 1. The molecule has 0 fully saturated rings. The topological polar surface area (TPSA) is 46.1 Å². The largest absolute Gasteiger partial charge is 0.377 e. The van der Waals surface area contributed by atoms with Gasteiger partial charge in [-0.3, -0.25) is 4.79 Å². The summed E-state index contributed by atoms with van der Waals surface area (Å²) in [5.74, 6) is 0.761. The molecule has 2 N–H and O–H groups in total. The Balaban J connectivity index is 1.46. The molecule has 0 bridgehead atoms. The summed E-state index contributed by atoms with van der Waals surface area (Å²) in [6.45, 7) is 7.31. The average Bonchev–Trinajstić information content (AvgIpc) is 3.50. The molecule has 0 radical (unpaired) electrons. The van der Waals surface area contributed by atoms with Crippen LogP contribution in [0.2, 0.25) is 0 Å². The fraction of sp³-hybridized carbons (Fsp3) is 0.323. The van der Waals surface area contributed by atoms with E-state index in [-0.39, 0.29) is 18.0 Å². The minimum absolute atomic E-state index is 0.00402. The molecule has 4 unspecified atom stereocenters. The Bertz CT molecular complexity index is 1460. The molecular formula is C31H33N3O. The molecule has 3 aromatic carbocycles. The number of allylic oxidation sites excluding steroid dienone is 2. The zero-order valence-electron chi connectivity index (χ0n) is 20.7. The maximum Gasteiger partial charge on any atom is 0.253 e. The smallest absolute Gasteiger partial charge is 0.253 e. The van der Waals surface area contributed by atoms with Crippen LogP contribution in [0.4, 0.5) is 5.69 Å². The van der Waals surface area contributed by atoms with Gasteiger partial charge in [-0.15, -0.1) is 0 Å². The van der Waals surface area contributed by atoms with Crippen LogP contribution < -0.4 is 10.6 Å². The molecule has 178 valence electrons. The van der Waals surface area contributed by atoms with Gasteiger partial charge in [0.05, 0.1) is 17.3 Å². The van der Waals surface area contributed by atoms with Crippen molar-refractivity contribution in [1.29, 1.82) is 0 Å². The highest BCUT2D eigenvalue weighted by Gasteiger charge is 2.39. The third-order valence-corrected chi connectivity index (χ3v) is 8.10. The van der Waals surface area contributed by atoms with Crippen LogP contribution in [0.15, 0.2) is 72.8 Å². The van der Waals surface area contributed by atoms with Crippen molar-refractivity contribution in [3.05, 3.63) is 89.5 Å². The van der Waals surface area contributed by atoms with Crippen molar-refractivity contribution in [2.75, 3.05) is 5.32 Å². The molecule has 35 heavy (non-hydrogen) atoms. The Hall–Kier alpha value is -3.53. The molecule has 1 aromatic heterocycles. The lowest BCUT2D eigenvalue weighted by Crippen LogP contribution is -2.35. The number of para-hydroxylation sites is 2. The quantitative estimate of drug-likeness (QED) is 0.308. The van der Waals surface area contributed by atoms with Gasteiger partial charge in [0, 0.05) is 40.3 Å². The summed E-state index contributed by atoms with van der Waals surface area (Å²) in [7, 11) is 0. The van der Waals surface area contributed by atoms with Crippen LogP contribution in [0, 0.1) is 5.92 Å². The fourth-order valence-corrected chi connectivity index (χ4v) is 6.15. The van der Waals surface area contributed by atoms with Gasteiger partial charge in [-0.1, -0.05) is 55.5 Å². The summed E-state index contributed by atoms with van der Waals surface area (Å²) in [6, 6.07) is 22.1. The van der Waals surface area contributed by atoms with Crippen molar-refractivity contribution >= 4 is 33.4 Å². The van der Waals surface area contributed by atoms with E-state index < -0.39 is 0 Å². The highest BCUT2D eigenvalue weighted by Crippen LogP contribution is 2.51. The van der Waals surface area contributed by atoms with Crippen LogP contribution in [0.25, 0.3) is 21.8 Å². The third kappa shape index (κ3) is 3.46. The van der Waals surface area contributed by atoms with Crippen LogP contribution in [-0.2, 0) is 6.54 Å². The van der Waals surface area contributed by atoms with Crippen LogP contribution in [0.5, 0.6) is 0 Å². The molecule has 0 spiro atoms. The third-order valence-electron chi connectivity index (χ3n) is 8.10. The summed E-state index contributed by atoms with van der Waals surface area (Å²) >= 11 is 0. The molecule has 6 rings (SSSR count). The summed E-state index contributed by atoms with van der Waals surface area (Å²) < 4.78 is 2.40. The number of aryl methyl sites for hydroxylation is 1. The summed E-state index contributed by atoms with van der Waals surface area (Å²) in [5.41, 5.74) is 6.83. The Labute approximate surface area is 207 Å². The van der Waals surface area contributed by atoms with Crippen molar-refractivity contribution in [3.8, 4) is 0 Å². The van der Waals surface area contributed by atoms with E-state index in [0.29, 0.717) is 11.8 Å². The van der Waals surface area contributed by atoms with Crippen molar-refractivity contribution in [2.24, 2.45) is 5.92 Å². The van der Waals surface area contributed by atoms with E-state index in [1.165, 1.54) is 32.9 Å². The summed E-state index contributed by atoms with van der Waals surface area (Å²) in [4.78, 5) is 13.2. The second kappa shape index (κ2) is 8.60. The number of hydrogen-bond acceptors (Lipinski definition) is 2. The first-order valence-electron chi connectivity index (χ1n) is 13.0. The van der Waals surface area contributed by atoms with Crippen molar-refractivity contribution in [2.45, 2.75) is 58.2 Å². The van der Waals surface area contributed by atoms with Gasteiger partial charge in [-0.25, -0.2) is 0 Å². The second-order valence-corrected chi connectivity index (χ2v) is 10.1. The van der Waals surface area contributed by atoms with Crippen LogP contribution in [0.1, 0.15) is 67.1 Å². The van der Waals surface area contributed by atoms with Gasteiger partial charge < -0.3 is 15.2 Å². The monoisotopic (exact) mass is 463 g/mol. The van der Waals surface area contributed by atoms with E-state index >= 15 is 0 Å². The number of hydrogen-bond donors (Lipinski definition) is 2. The van der Waals surface area contributed by atoms with Crippen molar-refractivity contribution in [3.63, 3.8) is 0 Å². The molecule has 0 saturated carbocycles. The van der Waals surface area contributed by atoms with Gasteiger partial charge in [0.2, 0.25) is 0 Å². The lowest BCUT2D eigenvalue weighted by atomic mass is 9.76. The summed E-state index contributed by atoms with van der Waals surface area (Å²) in [5, 5.41) is 9.62. The maximum absolute atomic E-state index is 13.2. The fourth-order valence-electron chi connectivity index (χ4n) is 6.15. The van der Waals surface area contributed by atoms with Gasteiger partial charge in [-0.2, -0.15) is 0 Å². The minimum Gasteiger partial charge on any atom is -0.377 e. The lowest BCUT2D eigenvalue weighted by molar-refractivity contribution is 0.0939. The maximum atomic E-state index is 13.2.